The van der Waals surface area contributed by atoms with Crippen LogP contribution in [-0.4, -0.2) is 20.2 Å². The first-order valence-electron chi connectivity index (χ1n) is 2.78. The van der Waals surface area contributed by atoms with Crippen molar-refractivity contribution in [2.24, 2.45) is 0 Å². The normalized spacial score (nSPS) is 10.4. The van der Waals surface area contributed by atoms with Gasteiger partial charge in [0.2, 0.25) is 0 Å². The van der Waals surface area contributed by atoms with Crippen LogP contribution < -0.4 is 5.73 Å². The van der Waals surface area contributed by atoms with Crippen molar-refractivity contribution in [2.75, 3.05) is 5.73 Å². The second-order valence-electron chi connectivity index (χ2n) is 1.90. The number of anilines is 1. The zero-order valence-electron chi connectivity index (χ0n) is 5.07. The predicted molar refractivity (Wildman–Crippen MR) is 36.1 cm³/mol. The van der Waals surface area contributed by atoms with Gasteiger partial charge in [0.1, 0.15) is 11.3 Å². The van der Waals surface area contributed by atoms with Gasteiger partial charge < -0.3 is 5.73 Å². The molecule has 0 saturated heterocycles. The number of nitrogen functional groups attached to an aromatic ring is 1. The van der Waals surface area contributed by atoms with Crippen molar-refractivity contribution in [2.45, 2.75) is 0 Å². The lowest BCUT2D eigenvalue weighted by molar-refractivity contribution is 1.10. The number of hydrogen-bond donors (Lipinski definition) is 2. The average Bonchev–Trinajstić information content (AvgIpc) is 2.33. The molecule has 3 N–H and O–H groups in total. The fourth-order valence-corrected chi connectivity index (χ4v) is 0.743. The van der Waals surface area contributed by atoms with E-state index in [0.717, 1.165) is 5.52 Å². The molecular weight excluding hydrogens is 130 g/mol. The molecule has 0 fully saturated rings. The summed E-state index contributed by atoms with van der Waals surface area (Å²) >= 11 is 0. The fraction of sp³-hybridized carbons (Fsp3) is 0. The lowest BCUT2D eigenvalue weighted by atomic mass is 10.5. The summed E-state index contributed by atoms with van der Waals surface area (Å²) in [6, 6.07) is 0. The lowest BCUT2D eigenvalue weighted by Gasteiger charge is -1.88. The Hall–Kier alpha value is -1.65. The summed E-state index contributed by atoms with van der Waals surface area (Å²) in [7, 11) is 0. The second-order valence-corrected chi connectivity index (χ2v) is 1.90. The van der Waals surface area contributed by atoms with Crippen molar-refractivity contribution < 1.29 is 0 Å². The number of nitrogens with two attached hydrogens (primary N) is 1. The largest absolute Gasteiger partial charge is 0.382 e. The average molecular weight is 135 g/mol. The Morgan fingerprint density at radius 2 is 2.30 bits per heavy atom. The standard InChI is InChI=1S/C5H5N5/c6-4-2-7-3-1-8-10-5(3)9-4/h1-2H,(H3,6,8,9,10). The molecule has 0 aliphatic rings. The molecule has 5 heteroatoms. The van der Waals surface area contributed by atoms with E-state index in [9.17, 15) is 0 Å². The van der Waals surface area contributed by atoms with Gasteiger partial charge in [-0.3, -0.25) is 5.10 Å². The second kappa shape index (κ2) is 1.66. The Balaban J connectivity index is 2.86. The minimum Gasteiger partial charge on any atom is -0.382 e. The molecule has 0 amide bonds. The van der Waals surface area contributed by atoms with E-state index in [1.165, 1.54) is 6.20 Å². The van der Waals surface area contributed by atoms with Crippen molar-refractivity contribution in [3.63, 3.8) is 0 Å². The minimum atomic E-state index is 0.400. The Kier molecular flexibility index (Phi) is 0.858. The quantitative estimate of drug-likeness (QED) is 0.530. The van der Waals surface area contributed by atoms with Gasteiger partial charge in [-0.25, -0.2) is 9.97 Å². The van der Waals surface area contributed by atoms with Crippen molar-refractivity contribution in [1.82, 2.24) is 20.2 Å². The molecular formula is C5H5N5. The molecule has 0 unspecified atom stereocenters. The molecule has 0 aliphatic heterocycles. The van der Waals surface area contributed by atoms with Crippen molar-refractivity contribution >= 4 is 17.0 Å². The van der Waals surface area contributed by atoms with E-state index < -0.39 is 0 Å². The highest BCUT2D eigenvalue weighted by atomic mass is 15.2. The maximum absolute atomic E-state index is 5.36. The summed E-state index contributed by atoms with van der Waals surface area (Å²) in [5.41, 5.74) is 6.72. The van der Waals surface area contributed by atoms with Crippen LogP contribution in [0.2, 0.25) is 0 Å². The van der Waals surface area contributed by atoms with Crippen LogP contribution in [0.15, 0.2) is 12.4 Å². The number of H-pyrrole nitrogens is 1. The molecule has 50 valence electrons. The molecule has 2 rings (SSSR count). The summed E-state index contributed by atoms with van der Waals surface area (Å²) in [4.78, 5) is 7.89. The molecule has 0 atom stereocenters. The molecule has 0 saturated carbocycles. The number of rotatable bonds is 0. The summed E-state index contributed by atoms with van der Waals surface area (Å²) < 4.78 is 0. The molecule has 0 aliphatic carbocycles. The van der Waals surface area contributed by atoms with Gasteiger partial charge in [-0.2, -0.15) is 5.10 Å². The third-order valence-electron chi connectivity index (χ3n) is 1.18. The van der Waals surface area contributed by atoms with Crippen LogP contribution >= 0.6 is 0 Å². The van der Waals surface area contributed by atoms with Gasteiger partial charge >= 0.3 is 0 Å². The first-order chi connectivity index (χ1) is 4.86. The van der Waals surface area contributed by atoms with Gasteiger partial charge in [-0.05, 0) is 0 Å². The maximum atomic E-state index is 5.36. The third-order valence-corrected chi connectivity index (χ3v) is 1.18. The Morgan fingerprint density at radius 1 is 1.40 bits per heavy atom. The lowest BCUT2D eigenvalue weighted by Crippen LogP contribution is -1.90. The van der Waals surface area contributed by atoms with Gasteiger partial charge in [-0.15, -0.1) is 0 Å². The summed E-state index contributed by atoms with van der Waals surface area (Å²) in [5, 5.41) is 6.39. The number of aromatic nitrogens is 4. The molecule has 0 radical (unpaired) electrons. The van der Waals surface area contributed by atoms with E-state index in [-0.39, 0.29) is 0 Å². The van der Waals surface area contributed by atoms with Crippen LogP contribution in [0, 0.1) is 0 Å². The molecule has 0 bridgehead atoms. The van der Waals surface area contributed by atoms with Gasteiger partial charge in [0.15, 0.2) is 5.65 Å². The number of fused-ring (bicyclic) bond motifs is 1. The molecule has 2 aromatic heterocycles. The topological polar surface area (TPSA) is 80.5 Å². The van der Waals surface area contributed by atoms with Crippen LogP contribution in [-0.2, 0) is 0 Å². The monoisotopic (exact) mass is 135 g/mol. The van der Waals surface area contributed by atoms with Gasteiger partial charge in [0, 0.05) is 0 Å². The van der Waals surface area contributed by atoms with E-state index >= 15 is 0 Å². The van der Waals surface area contributed by atoms with Crippen LogP contribution in [0.3, 0.4) is 0 Å². The minimum absolute atomic E-state index is 0.400. The zero-order chi connectivity index (χ0) is 6.97. The fourth-order valence-electron chi connectivity index (χ4n) is 0.743. The van der Waals surface area contributed by atoms with Gasteiger partial charge in [0.05, 0.1) is 12.4 Å². The van der Waals surface area contributed by atoms with Crippen LogP contribution in [0.25, 0.3) is 11.2 Å². The highest BCUT2D eigenvalue weighted by Crippen LogP contribution is 2.04. The molecule has 5 nitrogen and oxygen atoms in total. The Morgan fingerprint density at radius 3 is 3.20 bits per heavy atom. The van der Waals surface area contributed by atoms with E-state index in [4.69, 9.17) is 5.73 Å². The Bertz CT molecular complexity index is 352. The van der Waals surface area contributed by atoms with Crippen LogP contribution in [0.4, 0.5) is 5.82 Å². The maximum Gasteiger partial charge on any atom is 0.176 e. The first kappa shape index (κ1) is 5.16. The molecule has 0 spiro atoms. The number of nitrogens with zero attached hydrogens (tertiary/aromatic N) is 3. The molecule has 2 heterocycles. The number of hydrogen-bond acceptors (Lipinski definition) is 4. The SMILES string of the molecule is Nc1cnc2cn[nH]c2n1. The third kappa shape index (κ3) is 0.604. The van der Waals surface area contributed by atoms with E-state index in [1.54, 1.807) is 6.20 Å². The smallest absolute Gasteiger partial charge is 0.176 e. The van der Waals surface area contributed by atoms with E-state index in [1.807, 2.05) is 0 Å². The van der Waals surface area contributed by atoms with Crippen LogP contribution in [0.1, 0.15) is 0 Å². The predicted octanol–water partition coefficient (Wildman–Crippen LogP) is -0.0649. The first-order valence-corrected chi connectivity index (χ1v) is 2.78. The van der Waals surface area contributed by atoms with Crippen molar-refractivity contribution in [3.05, 3.63) is 12.4 Å². The van der Waals surface area contributed by atoms with E-state index in [2.05, 4.69) is 20.2 Å². The number of nitrogens with one attached hydrogen (secondary N) is 1. The zero-order valence-corrected chi connectivity index (χ0v) is 5.07. The summed E-state index contributed by atoms with van der Waals surface area (Å²) in [5.74, 6) is 0.400. The Labute approximate surface area is 56.3 Å². The molecule has 10 heavy (non-hydrogen) atoms. The number of aromatic amines is 1. The van der Waals surface area contributed by atoms with E-state index in [0.29, 0.717) is 11.5 Å². The van der Waals surface area contributed by atoms with Crippen molar-refractivity contribution in [3.8, 4) is 0 Å². The highest BCUT2D eigenvalue weighted by molar-refractivity contribution is 5.69. The molecule has 0 aromatic carbocycles. The van der Waals surface area contributed by atoms with Gasteiger partial charge in [0.25, 0.3) is 0 Å². The van der Waals surface area contributed by atoms with Crippen molar-refractivity contribution in [1.29, 1.82) is 0 Å². The summed E-state index contributed by atoms with van der Waals surface area (Å²) in [6.45, 7) is 0. The summed E-state index contributed by atoms with van der Waals surface area (Å²) in [6.07, 6.45) is 3.10. The van der Waals surface area contributed by atoms with Crippen LogP contribution in [0.5, 0.6) is 0 Å². The highest BCUT2D eigenvalue weighted by Gasteiger charge is 1.95. The molecule has 2 aromatic rings. The van der Waals surface area contributed by atoms with Gasteiger partial charge in [-0.1, -0.05) is 0 Å².